The van der Waals surface area contributed by atoms with E-state index in [1.165, 1.54) is 0 Å². The predicted octanol–water partition coefficient (Wildman–Crippen LogP) is 0.837. The van der Waals surface area contributed by atoms with E-state index in [0.717, 1.165) is 5.56 Å². The second kappa shape index (κ2) is 6.01. The molecule has 2 N–H and O–H groups in total. The molecule has 3 rings (SSSR count). The maximum atomic E-state index is 11.1. The summed E-state index contributed by atoms with van der Waals surface area (Å²) in [6, 6.07) is 9.42. The van der Waals surface area contributed by atoms with Crippen LogP contribution in [-0.2, 0) is 11.3 Å². The second-order valence-electron chi connectivity index (χ2n) is 4.67. The summed E-state index contributed by atoms with van der Waals surface area (Å²) in [5.41, 5.74) is 2.26. The van der Waals surface area contributed by atoms with Gasteiger partial charge in [-0.3, -0.25) is 9.79 Å². The van der Waals surface area contributed by atoms with Crippen LogP contribution >= 0.6 is 0 Å². The lowest BCUT2D eigenvalue weighted by Gasteiger charge is -2.06. The van der Waals surface area contributed by atoms with Crippen LogP contribution < -0.4 is 10.6 Å². The van der Waals surface area contributed by atoms with Crippen LogP contribution in [0.3, 0.4) is 0 Å². The lowest BCUT2D eigenvalue weighted by Crippen LogP contribution is -2.25. The van der Waals surface area contributed by atoms with Crippen LogP contribution in [0.2, 0.25) is 0 Å². The fourth-order valence-electron chi connectivity index (χ4n) is 2.00. The normalized spacial score (nSPS) is 13.2. The Kier molecular flexibility index (Phi) is 3.74. The molecule has 1 aliphatic heterocycles. The minimum absolute atomic E-state index is 0.130. The number of hydrogen-bond donors (Lipinski definition) is 2. The molecule has 0 unspecified atom stereocenters. The summed E-state index contributed by atoms with van der Waals surface area (Å²) in [6.07, 6.45) is 3.21. The van der Waals surface area contributed by atoms with E-state index in [1.54, 1.807) is 18.5 Å². The van der Waals surface area contributed by atoms with Gasteiger partial charge in [0.1, 0.15) is 12.4 Å². The molecular formula is C15H12N6O. The summed E-state index contributed by atoms with van der Waals surface area (Å²) in [5, 5.41) is 14.6. The number of rotatable bonds is 4. The SMILES string of the molecule is N#Cc1cccc(CNc2ncc(C3=NCC(=O)N3)cn2)c1. The Morgan fingerprint density at radius 3 is 2.82 bits per heavy atom. The summed E-state index contributed by atoms with van der Waals surface area (Å²) < 4.78 is 0. The predicted molar refractivity (Wildman–Crippen MR) is 80.1 cm³/mol. The van der Waals surface area contributed by atoms with Gasteiger partial charge in [-0.1, -0.05) is 12.1 Å². The number of aliphatic imine (C=N–C) groups is 1. The zero-order chi connectivity index (χ0) is 15.4. The van der Waals surface area contributed by atoms with Gasteiger partial charge < -0.3 is 10.6 Å². The molecule has 7 heteroatoms. The number of nitrogens with zero attached hydrogens (tertiary/aromatic N) is 4. The van der Waals surface area contributed by atoms with Crippen molar-refractivity contribution in [1.29, 1.82) is 5.26 Å². The van der Waals surface area contributed by atoms with Crippen LogP contribution in [0.1, 0.15) is 16.7 Å². The first-order chi connectivity index (χ1) is 10.7. The number of anilines is 1. The van der Waals surface area contributed by atoms with E-state index in [0.29, 0.717) is 29.5 Å². The number of amides is 1. The first-order valence-corrected chi connectivity index (χ1v) is 6.64. The molecule has 0 fully saturated rings. The molecule has 1 aromatic carbocycles. The van der Waals surface area contributed by atoms with Crippen molar-refractivity contribution in [2.45, 2.75) is 6.54 Å². The molecule has 0 radical (unpaired) electrons. The number of benzene rings is 1. The van der Waals surface area contributed by atoms with Crippen molar-refractivity contribution < 1.29 is 4.79 Å². The molecule has 2 aromatic rings. The van der Waals surface area contributed by atoms with E-state index >= 15 is 0 Å². The summed E-state index contributed by atoms with van der Waals surface area (Å²) in [4.78, 5) is 23.5. The highest BCUT2D eigenvalue weighted by Crippen LogP contribution is 2.08. The molecule has 0 saturated carbocycles. The lowest BCUT2D eigenvalue weighted by molar-refractivity contribution is -0.117. The van der Waals surface area contributed by atoms with Crippen LogP contribution in [0.15, 0.2) is 41.7 Å². The first-order valence-electron chi connectivity index (χ1n) is 6.64. The van der Waals surface area contributed by atoms with Crippen LogP contribution in [-0.4, -0.2) is 28.3 Å². The third kappa shape index (κ3) is 3.07. The fraction of sp³-hybridized carbons (Fsp3) is 0.133. The van der Waals surface area contributed by atoms with Gasteiger partial charge in [-0.25, -0.2) is 9.97 Å². The zero-order valence-corrected chi connectivity index (χ0v) is 11.6. The van der Waals surface area contributed by atoms with Crippen molar-refractivity contribution in [2.75, 3.05) is 11.9 Å². The number of amidine groups is 1. The summed E-state index contributed by atoms with van der Waals surface area (Å²) in [6.45, 7) is 0.664. The molecule has 0 atom stereocenters. The van der Waals surface area contributed by atoms with Gasteiger partial charge in [-0.2, -0.15) is 5.26 Å². The van der Waals surface area contributed by atoms with Gasteiger partial charge in [0.25, 0.3) is 0 Å². The van der Waals surface area contributed by atoms with Gasteiger partial charge in [0.15, 0.2) is 0 Å². The van der Waals surface area contributed by atoms with Crippen molar-refractivity contribution in [1.82, 2.24) is 15.3 Å². The summed E-state index contributed by atoms with van der Waals surface area (Å²) in [7, 11) is 0. The number of carbonyl (C=O) groups is 1. The van der Waals surface area contributed by atoms with E-state index in [-0.39, 0.29) is 12.5 Å². The van der Waals surface area contributed by atoms with Crippen molar-refractivity contribution in [3.05, 3.63) is 53.3 Å². The van der Waals surface area contributed by atoms with Crippen molar-refractivity contribution >= 4 is 17.7 Å². The number of hydrogen-bond acceptors (Lipinski definition) is 6. The van der Waals surface area contributed by atoms with E-state index in [1.807, 2.05) is 18.2 Å². The molecule has 108 valence electrons. The van der Waals surface area contributed by atoms with Crippen LogP contribution in [0, 0.1) is 11.3 Å². The number of nitriles is 1. The highest BCUT2D eigenvalue weighted by Gasteiger charge is 2.15. The van der Waals surface area contributed by atoms with E-state index in [2.05, 4.69) is 31.7 Å². The van der Waals surface area contributed by atoms with Crippen molar-refractivity contribution in [3.63, 3.8) is 0 Å². The minimum Gasteiger partial charge on any atom is -0.350 e. The first kappa shape index (κ1) is 13.7. The largest absolute Gasteiger partial charge is 0.350 e. The highest BCUT2D eigenvalue weighted by atomic mass is 16.2. The second-order valence-corrected chi connectivity index (χ2v) is 4.67. The van der Waals surface area contributed by atoms with Crippen molar-refractivity contribution in [3.8, 4) is 6.07 Å². The van der Waals surface area contributed by atoms with Crippen molar-refractivity contribution in [2.24, 2.45) is 4.99 Å². The van der Waals surface area contributed by atoms with Crippen LogP contribution in [0.4, 0.5) is 5.95 Å². The Morgan fingerprint density at radius 1 is 1.32 bits per heavy atom. The molecule has 7 nitrogen and oxygen atoms in total. The summed E-state index contributed by atoms with van der Waals surface area (Å²) in [5.74, 6) is 0.837. The fourth-order valence-corrected chi connectivity index (χ4v) is 2.00. The smallest absolute Gasteiger partial charge is 0.247 e. The Morgan fingerprint density at radius 2 is 2.14 bits per heavy atom. The number of nitrogens with one attached hydrogen (secondary N) is 2. The van der Waals surface area contributed by atoms with Gasteiger partial charge in [0.05, 0.1) is 17.2 Å². The molecular weight excluding hydrogens is 280 g/mol. The molecule has 0 bridgehead atoms. The highest BCUT2D eigenvalue weighted by molar-refractivity contribution is 6.12. The molecule has 1 amide bonds. The maximum absolute atomic E-state index is 11.1. The molecule has 0 saturated heterocycles. The van der Waals surface area contributed by atoms with Crippen LogP contribution in [0.5, 0.6) is 0 Å². The molecule has 22 heavy (non-hydrogen) atoms. The van der Waals surface area contributed by atoms with Gasteiger partial charge >= 0.3 is 0 Å². The van der Waals surface area contributed by atoms with Gasteiger partial charge in [-0.05, 0) is 17.7 Å². The zero-order valence-electron chi connectivity index (χ0n) is 11.6. The van der Waals surface area contributed by atoms with Crippen LogP contribution in [0.25, 0.3) is 0 Å². The standard InChI is InChI=1S/C15H12N6O/c16-5-10-2-1-3-11(4-10)6-18-15-19-7-12(8-20-15)14-17-9-13(22)21-14/h1-4,7-8H,6,9H2,(H,17,21,22)(H,18,19,20). The minimum atomic E-state index is -0.130. The quantitative estimate of drug-likeness (QED) is 0.869. The monoisotopic (exact) mass is 292 g/mol. The Hall–Kier alpha value is -3.27. The van der Waals surface area contributed by atoms with Gasteiger partial charge in [0, 0.05) is 18.9 Å². The topological polar surface area (TPSA) is 103 Å². The number of carbonyl (C=O) groups excluding carboxylic acids is 1. The number of aromatic nitrogens is 2. The maximum Gasteiger partial charge on any atom is 0.247 e. The van der Waals surface area contributed by atoms with E-state index in [9.17, 15) is 4.79 Å². The Labute approximate surface area is 126 Å². The average Bonchev–Trinajstić information content (AvgIpc) is 3.00. The lowest BCUT2D eigenvalue weighted by atomic mass is 10.1. The third-order valence-corrected chi connectivity index (χ3v) is 3.07. The summed E-state index contributed by atoms with van der Waals surface area (Å²) >= 11 is 0. The van der Waals surface area contributed by atoms with E-state index < -0.39 is 0 Å². The Bertz CT molecular complexity index is 775. The van der Waals surface area contributed by atoms with Gasteiger partial charge in [0.2, 0.25) is 11.9 Å². The Balaban J connectivity index is 1.64. The molecule has 0 aliphatic carbocycles. The molecule has 1 aromatic heterocycles. The average molecular weight is 292 g/mol. The molecule has 2 heterocycles. The van der Waals surface area contributed by atoms with Gasteiger partial charge in [-0.15, -0.1) is 0 Å². The third-order valence-electron chi connectivity index (χ3n) is 3.07. The molecule has 1 aliphatic rings. The van der Waals surface area contributed by atoms with E-state index in [4.69, 9.17) is 5.26 Å². The molecule has 0 spiro atoms.